The lowest BCUT2D eigenvalue weighted by Crippen LogP contribution is -2.30. The Morgan fingerprint density at radius 2 is 0.500 bits per heavy atom. The average Bonchev–Trinajstić information content (AvgIpc) is 1.59. The molecule has 0 saturated heterocycles. The second kappa shape index (κ2) is 25.6. The Bertz CT molecular complexity index is 6740. The number of fused-ring (bicyclic) bond motifs is 18. The molecule has 22 rings (SSSR count). The van der Waals surface area contributed by atoms with Gasteiger partial charge in [0.25, 0.3) is 0 Å². The molecule has 0 aliphatic rings. The normalized spacial score (nSPS) is 11.7. The van der Waals surface area contributed by atoms with Crippen LogP contribution in [0.3, 0.4) is 0 Å². The second-order valence-corrected chi connectivity index (χ2v) is 27.9. The number of nitrogens with zero attached hydrogens (tertiary/aromatic N) is 8. The lowest BCUT2D eigenvalue weighted by atomic mass is 9.80. The molecule has 0 unspecified atom stereocenters. The first-order valence-corrected chi connectivity index (χ1v) is 36.3. The van der Waals surface area contributed by atoms with Gasteiger partial charge in [0.05, 0.1) is 77.6 Å². The van der Waals surface area contributed by atoms with Crippen LogP contribution >= 0.6 is 15.9 Å². The van der Waals surface area contributed by atoms with Gasteiger partial charge in [-0.1, -0.05) is 246 Å². The Hall–Kier alpha value is -13.4. The van der Waals surface area contributed by atoms with Crippen LogP contribution in [0.5, 0.6) is 0 Å². The molecule has 8 aromatic heterocycles. The summed E-state index contributed by atoms with van der Waals surface area (Å²) in [6, 6.07) is 128. The summed E-state index contributed by atoms with van der Waals surface area (Å²) in [7, 11) is -1.59. The van der Waals surface area contributed by atoms with Crippen LogP contribution in [0, 0.1) is 0 Å². The zero-order valence-electron chi connectivity index (χ0n) is 57.1. The van der Waals surface area contributed by atoms with Gasteiger partial charge in [-0.25, -0.2) is 9.03 Å². The molecule has 12 heteroatoms. The highest BCUT2D eigenvalue weighted by Crippen LogP contribution is 2.41. The molecular formula is C94H62BBrN8O2. The quantitative estimate of drug-likeness (QED) is 0.148. The fourth-order valence-electron chi connectivity index (χ4n) is 16.0. The summed E-state index contributed by atoms with van der Waals surface area (Å²) in [5.41, 5.74) is 24.4. The summed E-state index contributed by atoms with van der Waals surface area (Å²) in [6.07, 6.45) is 0. The molecule has 0 spiro atoms. The van der Waals surface area contributed by atoms with Crippen molar-refractivity contribution < 1.29 is 10.0 Å². The van der Waals surface area contributed by atoms with Gasteiger partial charge >= 0.3 is 7.12 Å². The standard InChI is InChI=1S/C47H30N4.C30H21BN2O2.C17H11BrN2/c1-6-16-43-33(11-1)25-26-35-30-42(48-51(35)43)32-23-21-31(22-24-32)34-27-36(49-44-17-7-2-12-38(44)39-13-3-8-18-45(39)49)29-37(28-34)50-46-19-9-4-14-40(46)41-15-5-10-20-47(41)50;34-31(35)20-17-21(32-27-13-5-1-9-23(27)24-10-2-6-14-28(24)32)19-22(18-20)33-29-15-7-3-11-25(29)26-12-4-8-16-30(26)33;18-14-8-5-12(6-9-14)16-11-15-10-7-13-3-1-2-4-17(13)20(15)19-16/h1-30H;1-19,34-35H;1-11H. The predicted molar refractivity (Wildman–Crippen MR) is 443 cm³/mol. The van der Waals surface area contributed by atoms with Crippen molar-refractivity contribution in [2.24, 2.45) is 0 Å². The summed E-state index contributed by atoms with van der Waals surface area (Å²) < 4.78 is 14.4. The van der Waals surface area contributed by atoms with E-state index >= 15 is 0 Å². The van der Waals surface area contributed by atoms with Crippen LogP contribution in [0.1, 0.15) is 0 Å². The Labute approximate surface area is 616 Å². The first-order chi connectivity index (χ1) is 52.3. The van der Waals surface area contributed by atoms with Crippen molar-refractivity contribution in [1.29, 1.82) is 0 Å². The van der Waals surface area contributed by atoms with E-state index in [1.807, 2.05) is 69.7 Å². The van der Waals surface area contributed by atoms with Gasteiger partial charge < -0.3 is 28.3 Å². The number of halogens is 1. The third-order valence-electron chi connectivity index (χ3n) is 20.8. The molecule has 0 bridgehead atoms. The highest BCUT2D eigenvalue weighted by molar-refractivity contribution is 9.10. The number of benzene rings is 14. The van der Waals surface area contributed by atoms with E-state index in [0.717, 1.165) is 127 Å². The van der Waals surface area contributed by atoms with Crippen LogP contribution in [0.2, 0.25) is 0 Å². The van der Waals surface area contributed by atoms with E-state index in [4.69, 9.17) is 10.2 Å². The van der Waals surface area contributed by atoms with Gasteiger partial charge in [0.2, 0.25) is 0 Å². The molecule has 0 aliphatic carbocycles. The van der Waals surface area contributed by atoms with Crippen LogP contribution in [-0.4, -0.2) is 54.7 Å². The number of hydrogen-bond donors (Lipinski definition) is 2. The first-order valence-electron chi connectivity index (χ1n) is 35.5. The maximum absolute atomic E-state index is 10.3. The summed E-state index contributed by atoms with van der Waals surface area (Å²) >= 11 is 3.46. The Balaban J connectivity index is 0.000000116. The minimum Gasteiger partial charge on any atom is -0.423 e. The average molecular weight is 1430 g/mol. The van der Waals surface area contributed by atoms with E-state index in [2.05, 4.69) is 338 Å². The molecule has 106 heavy (non-hydrogen) atoms. The number of rotatable bonds is 8. The summed E-state index contributed by atoms with van der Waals surface area (Å²) in [4.78, 5) is 0. The van der Waals surface area contributed by atoms with Gasteiger partial charge in [-0.05, 0) is 150 Å². The van der Waals surface area contributed by atoms with Gasteiger partial charge in [0.15, 0.2) is 0 Å². The molecule has 0 atom stereocenters. The Morgan fingerprint density at radius 3 is 0.811 bits per heavy atom. The van der Waals surface area contributed by atoms with E-state index in [0.29, 0.717) is 5.46 Å². The first kappa shape index (κ1) is 62.4. The van der Waals surface area contributed by atoms with Crippen molar-refractivity contribution in [2.75, 3.05) is 0 Å². The van der Waals surface area contributed by atoms with E-state index in [-0.39, 0.29) is 0 Å². The molecule has 0 radical (unpaired) electrons. The summed E-state index contributed by atoms with van der Waals surface area (Å²) in [6.45, 7) is 0. The highest BCUT2D eigenvalue weighted by Gasteiger charge is 2.22. The molecule has 0 aliphatic heterocycles. The highest BCUT2D eigenvalue weighted by atomic mass is 79.9. The smallest absolute Gasteiger partial charge is 0.423 e. The summed E-state index contributed by atoms with van der Waals surface area (Å²) in [5, 5.41) is 42.3. The zero-order chi connectivity index (χ0) is 70.5. The molecule has 2 N–H and O–H groups in total. The van der Waals surface area contributed by atoms with E-state index < -0.39 is 7.12 Å². The van der Waals surface area contributed by atoms with Crippen LogP contribution < -0.4 is 5.46 Å². The fourth-order valence-corrected chi connectivity index (χ4v) is 16.3. The van der Waals surface area contributed by atoms with Crippen LogP contribution in [0.4, 0.5) is 0 Å². The van der Waals surface area contributed by atoms with E-state index in [1.165, 1.54) is 54.4 Å². The molecule has 22 aromatic rings. The van der Waals surface area contributed by atoms with Gasteiger partial charge in [0, 0.05) is 92.2 Å². The Kier molecular flexibility index (Phi) is 15.1. The second-order valence-electron chi connectivity index (χ2n) is 27.0. The van der Waals surface area contributed by atoms with E-state index in [1.54, 1.807) is 0 Å². The van der Waals surface area contributed by atoms with Crippen molar-refractivity contribution >= 4 is 149 Å². The third-order valence-corrected chi connectivity index (χ3v) is 21.3. The maximum Gasteiger partial charge on any atom is 0.488 e. The molecular weight excluding hydrogens is 1360 g/mol. The SMILES string of the molecule is Brc1ccc(-c2cc3ccc4ccccc4n3n2)cc1.OB(O)c1cc(-n2c3ccccc3c3ccccc32)cc(-n2c3ccccc3c3ccccc32)c1.c1ccc2c(c1)ccc1cc(-c3ccc(-c4cc(-n5c6ccccc6c6ccccc65)cc(-n5c6ccccc6c6ccccc65)c4)cc3)nn12. The van der Waals surface area contributed by atoms with Gasteiger partial charge in [-0.3, -0.25) is 0 Å². The lowest BCUT2D eigenvalue weighted by Gasteiger charge is -2.16. The molecule has 0 amide bonds. The molecule has 10 nitrogen and oxygen atoms in total. The van der Waals surface area contributed by atoms with Gasteiger partial charge in [-0.15, -0.1) is 0 Å². The topological polar surface area (TPSA) is 94.8 Å². The number of para-hydroxylation sites is 10. The largest absolute Gasteiger partial charge is 0.488 e. The molecule has 8 heterocycles. The third kappa shape index (κ3) is 10.6. The van der Waals surface area contributed by atoms with Crippen LogP contribution in [0.15, 0.2) is 368 Å². The zero-order valence-corrected chi connectivity index (χ0v) is 58.7. The van der Waals surface area contributed by atoms with Crippen LogP contribution in [-0.2, 0) is 0 Å². The minimum atomic E-state index is -1.59. The number of aromatic nitrogens is 8. The van der Waals surface area contributed by atoms with Crippen LogP contribution in [0.25, 0.3) is 176 Å². The Morgan fingerprint density at radius 1 is 0.236 bits per heavy atom. The molecule has 0 fully saturated rings. The van der Waals surface area contributed by atoms with Gasteiger partial charge in [0.1, 0.15) is 0 Å². The fraction of sp³-hybridized carbons (Fsp3) is 0. The minimum absolute atomic E-state index is 0.446. The van der Waals surface area contributed by atoms with Crippen molar-refractivity contribution in [1.82, 2.24) is 37.5 Å². The van der Waals surface area contributed by atoms with Crippen molar-refractivity contribution in [3.63, 3.8) is 0 Å². The maximum atomic E-state index is 10.3. The van der Waals surface area contributed by atoms with Crippen molar-refractivity contribution in [3.8, 4) is 56.4 Å². The van der Waals surface area contributed by atoms with Gasteiger partial charge in [-0.2, -0.15) is 10.2 Å². The van der Waals surface area contributed by atoms with E-state index in [9.17, 15) is 10.0 Å². The number of hydrogen-bond acceptors (Lipinski definition) is 4. The molecule has 0 saturated carbocycles. The van der Waals surface area contributed by atoms with Crippen molar-refractivity contribution in [2.45, 2.75) is 0 Å². The number of pyridine rings is 2. The van der Waals surface area contributed by atoms with Crippen molar-refractivity contribution in [3.05, 3.63) is 368 Å². The molecule has 500 valence electrons. The monoisotopic (exact) mass is 1420 g/mol. The molecule has 14 aromatic carbocycles. The predicted octanol–water partition coefficient (Wildman–Crippen LogP) is 22.5. The summed E-state index contributed by atoms with van der Waals surface area (Å²) in [5.74, 6) is 0. The lowest BCUT2D eigenvalue weighted by molar-refractivity contribution is 0.425.